The zero-order chi connectivity index (χ0) is 16.4. The first-order valence-electron chi connectivity index (χ1n) is 6.72. The molecule has 3 rings (SSSR count). The minimum Gasteiger partial charge on any atom is -0.505 e. The largest absolute Gasteiger partial charge is 0.505 e. The van der Waals surface area contributed by atoms with E-state index in [9.17, 15) is 9.90 Å². The van der Waals surface area contributed by atoms with Gasteiger partial charge < -0.3 is 10.4 Å². The van der Waals surface area contributed by atoms with Crippen LogP contribution in [0.3, 0.4) is 0 Å². The van der Waals surface area contributed by atoms with E-state index in [1.165, 1.54) is 0 Å². The number of hydrogen-bond donors (Lipinski definition) is 2. The lowest BCUT2D eigenvalue weighted by molar-refractivity contribution is 0.0942. The van der Waals surface area contributed by atoms with Crippen LogP contribution in [0.5, 0.6) is 5.75 Å². The van der Waals surface area contributed by atoms with Crippen molar-refractivity contribution in [3.8, 4) is 5.75 Å². The maximum absolute atomic E-state index is 12.2. The Balaban J connectivity index is 1.83. The van der Waals surface area contributed by atoms with Crippen LogP contribution in [0.4, 0.5) is 0 Å². The van der Waals surface area contributed by atoms with Gasteiger partial charge in [0.1, 0.15) is 0 Å². The molecular formula is C16H11ClIN3O2. The highest BCUT2D eigenvalue weighted by Gasteiger charge is 2.17. The molecule has 0 aliphatic heterocycles. The number of rotatable bonds is 3. The number of aromatic nitrogens is 2. The highest BCUT2D eigenvalue weighted by Crippen LogP contribution is 2.26. The third-order valence-corrected chi connectivity index (χ3v) is 4.20. The van der Waals surface area contributed by atoms with E-state index in [1.807, 2.05) is 18.2 Å². The molecule has 116 valence electrons. The molecule has 5 nitrogen and oxygen atoms in total. The summed E-state index contributed by atoms with van der Waals surface area (Å²) in [6.07, 6.45) is 0. The molecule has 0 aliphatic carbocycles. The molecule has 0 bridgehead atoms. The number of benzene rings is 2. The summed E-state index contributed by atoms with van der Waals surface area (Å²) in [5.41, 5.74) is 1.34. The Hall–Kier alpha value is -1.93. The first kappa shape index (κ1) is 15.9. The van der Waals surface area contributed by atoms with Crippen molar-refractivity contribution in [2.24, 2.45) is 0 Å². The van der Waals surface area contributed by atoms with Crippen LogP contribution in [0.15, 0.2) is 42.5 Å². The molecule has 1 aromatic heterocycles. The van der Waals surface area contributed by atoms with Gasteiger partial charge in [0.05, 0.1) is 5.52 Å². The van der Waals surface area contributed by atoms with Crippen LogP contribution in [0, 0.1) is 3.57 Å². The monoisotopic (exact) mass is 439 g/mol. The molecular weight excluding hydrogens is 429 g/mol. The Morgan fingerprint density at radius 2 is 1.91 bits per heavy atom. The molecule has 2 aromatic carbocycles. The second-order valence-electron chi connectivity index (χ2n) is 4.87. The molecule has 7 heteroatoms. The van der Waals surface area contributed by atoms with E-state index in [4.69, 9.17) is 11.6 Å². The summed E-state index contributed by atoms with van der Waals surface area (Å²) >= 11 is 7.95. The lowest BCUT2D eigenvalue weighted by atomic mass is 10.2. The van der Waals surface area contributed by atoms with E-state index in [0.717, 1.165) is 9.13 Å². The summed E-state index contributed by atoms with van der Waals surface area (Å²) in [5.74, 6) is -0.646. The van der Waals surface area contributed by atoms with E-state index in [0.29, 0.717) is 22.5 Å². The van der Waals surface area contributed by atoms with Gasteiger partial charge in [-0.2, -0.15) is 0 Å². The second-order valence-corrected chi connectivity index (χ2v) is 6.55. The number of halogens is 2. The van der Waals surface area contributed by atoms with Crippen molar-refractivity contribution >= 4 is 51.0 Å². The van der Waals surface area contributed by atoms with Crippen molar-refractivity contribution in [2.75, 3.05) is 0 Å². The van der Waals surface area contributed by atoms with Gasteiger partial charge >= 0.3 is 0 Å². The van der Waals surface area contributed by atoms with Gasteiger partial charge in [0.25, 0.3) is 5.91 Å². The van der Waals surface area contributed by atoms with E-state index in [2.05, 4.69) is 38.1 Å². The van der Waals surface area contributed by atoms with Crippen molar-refractivity contribution in [2.45, 2.75) is 6.54 Å². The minimum absolute atomic E-state index is 0.0894. The summed E-state index contributed by atoms with van der Waals surface area (Å²) in [6.45, 7) is 0.307. The fourth-order valence-corrected chi connectivity index (χ4v) is 2.70. The first-order valence-corrected chi connectivity index (χ1v) is 8.18. The van der Waals surface area contributed by atoms with Gasteiger partial charge in [-0.05, 0) is 58.5 Å². The van der Waals surface area contributed by atoms with Crippen LogP contribution >= 0.6 is 34.2 Å². The maximum atomic E-state index is 12.2. The number of nitrogens with zero attached hydrogens (tertiary/aromatic N) is 2. The summed E-state index contributed by atoms with van der Waals surface area (Å²) in [7, 11) is 0. The van der Waals surface area contributed by atoms with Crippen LogP contribution in [0.1, 0.15) is 16.1 Å². The molecule has 0 spiro atoms. The molecule has 0 saturated carbocycles. The molecule has 1 heterocycles. The molecule has 3 aromatic rings. The normalized spacial score (nSPS) is 10.7. The lowest BCUT2D eigenvalue weighted by Gasteiger charge is -2.08. The molecule has 0 radical (unpaired) electrons. The Morgan fingerprint density at radius 3 is 2.65 bits per heavy atom. The zero-order valence-corrected chi connectivity index (χ0v) is 14.7. The topological polar surface area (TPSA) is 75.1 Å². The van der Waals surface area contributed by atoms with Gasteiger partial charge in [-0.3, -0.25) is 4.79 Å². The van der Waals surface area contributed by atoms with Gasteiger partial charge in [0, 0.05) is 20.5 Å². The summed E-state index contributed by atoms with van der Waals surface area (Å²) in [4.78, 5) is 12.2. The van der Waals surface area contributed by atoms with Crippen molar-refractivity contribution in [1.82, 2.24) is 15.5 Å². The third-order valence-electron chi connectivity index (χ3n) is 3.28. The van der Waals surface area contributed by atoms with Gasteiger partial charge in [0.2, 0.25) is 0 Å². The Labute approximate surface area is 150 Å². The van der Waals surface area contributed by atoms with E-state index in [1.54, 1.807) is 24.3 Å². The van der Waals surface area contributed by atoms with E-state index < -0.39 is 5.91 Å². The molecule has 0 saturated heterocycles. The standard InChI is InChI=1S/C16H11ClIN3O2/c17-10-3-1-9(2-4-10)8-19-16(23)14-15(22)12-7-11(18)5-6-13(12)20-21-14/h1-7H,8H2,(H,19,23)(H,20,22). The van der Waals surface area contributed by atoms with Gasteiger partial charge in [-0.1, -0.05) is 23.7 Å². The van der Waals surface area contributed by atoms with Crippen LogP contribution in [-0.4, -0.2) is 21.2 Å². The fourth-order valence-electron chi connectivity index (χ4n) is 2.09. The molecule has 0 aliphatic rings. The lowest BCUT2D eigenvalue weighted by Crippen LogP contribution is -2.24. The number of nitrogens with one attached hydrogen (secondary N) is 1. The number of carbonyl (C=O) groups is 1. The summed E-state index contributed by atoms with van der Waals surface area (Å²) < 4.78 is 0.936. The zero-order valence-electron chi connectivity index (χ0n) is 11.8. The highest BCUT2D eigenvalue weighted by molar-refractivity contribution is 14.1. The molecule has 0 atom stereocenters. The molecule has 23 heavy (non-hydrogen) atoms. The number of fused-ring (bicyclic) bond motifs is 1. The van der Waals surface area contributed by atoms with Crippen molar-refractivity contribution in [3.63, 3.8) is 0 Å². The van der Waals surface area contributed by atoms with E-state index in [-0.39, 0.29) is 11.4 Å². The Bertz CT molecular complexity index is 884. The summed E-state index contributed by atoms with van der Waals surface area (Å²) in [5, 5.41) is 21.9. The van der Waals surface area contributed by atoms with Crippen molar-refractivity contribution < 1.29 is 9.90 Å². The van der Waals surface area contributed by atoms with Crippen LogP contribution in [-0.2, 0) is 6.54 Å². The predicted octanol–water partition coefficient (Wildman–Crippen LogP) is 3.52. The van der Waals surface area contributed by atoms with Gasteiger partial charge in [-0.25, -0.2) is 0 Å². The second kappa shape index (κ2) is 6.67. The first-order chi connectivity index (χ1) is 11.0. The van der Waals surface area contributed by atoms with Crippen LogP contribution < -0.4 is 5.32 Å². The third kappa shape index (κ3) is 3.53. The fraction of sp³-hybridized carbons (Fsp3) is 0.0625. The van der Waals surface area contributed by atoms with Crippen LogP contribution in [0.25, 0.3) is 10.9 Å². The number of amides is 1. The molecule has 1 amide bonds. The number of carbonyl (C=O) groups excluding carboxylic acids is 1. The molecule has 0 fully saturated rings. The van der Waals surface area contributed by atoms with Gasteiger partial charge in [-0.15, -0.1) is 10.2 Å². The summed E-state index contributed by atoms with van der Waals surface area (Å²) in [6, 6.07) is 12.5. The molecule has 0 unspecified atom stereocenters. The smallest absolute Gasteiger partial charge is 0.275 e. The highest BCUT2D eigenvalue weighted by atomic mass is 127. The molecule has 2 N–H and O–H groups in total. The Morgan fingerprint density at radius 1 is 1.17 bits per heavy atom. The van der Waals surface area contributed by atoms with Crippen LogP contribution in [0.2, 0.25) is 5.02 Å². The number of hydrogen-bond acceptors (Lipinski definition) is 4. The number of aromatic hydroxyl groups is 1. The minimum atomic E-state index is -0.481. The van der Waals surface area contributed by atoms with E-state index >= 15 is 0 Å². The van der Waals surface area contributed by atoms with Crippen molar-refractivity contribution in [1.29, 1.82) is 0 Å². The SMILES string of the molecule is O=C(NCc1ccc(Cl)cc1)c1nnc2ccc(I)cc2c1O. The Kier molecular flexibility index (Phi) is 4.63. The van der Waals surface area contributed by atoms with Crippen molar-refractivity contribution in [3.05, 3.63) is 62.3 Å². The average molecular weight is 440 g/mol. The average Bonchev–Trinajstić information content (AvgIpc) is 2.55. The maximum Gasteiger partial charge on any atom is 0.275 e. The predicted molar refractivity (Wildman–Crippen MR) is 96.5 cm³/mol. The quantitative estimate of drug-likeness (QED) is 0.612. The van der Waals surface area contributed by atoms with Gasteiger partial charge in [0.15, 0.2) is 11.4 Å².